The van der Waals surface area contributed by atoms with Crippen LogP contribution in [-0.4, -0.2) is 28.1 Å². The van der Waals surface area contributed by atoms with Crippen molar-refractivity contribution in [1.29, 1.82) is 0 Å². The number of benzene rings is 2. The normalized spacial score (nSPS) is 18.7. The third kappa shape index (κ3) is 5.35. The van der Waals surface area contributed by atoms with Gasteiger partial charge in [-0.25, -0.2) is 4.99 Å². The maximum atomic E-state index is 12.9. The quantitative estimate of drug-likeness (QED) is 0.688. The maximum absolute atomic E-state index is 12.9. The molecule has 1 heterocycles. The molecule has 1 atom stereocenters. The van der Waals surface area contributed by atoms with Gasteiger partial charge in [-0.05, 0) is 42.4 Å². The SMILES string of the molecule is CC(C)CC1(C)N=C(N)N(Cc2cccc(CC(=O)CCc3ccccc3)c2)C1=O. The van der Waals surface area contributed by atoms with Crippen LogP contribution in [0, 0.1) is 5.92 Å². The summed E-state index contributed by atoms with van der Waals surface area (Å²) in [5, 5.41) is 0. The fraction of sp³-hybridized carbons (Fsp3) is 0.400. The minimum Gasteiger partial charge on any atom is -0.369 e. The molecule has 0 saturated heterocycles. The van der Waals surface area contributed by atoms with E-state index in [0.29, 0.717) is 31.7 Å². The van der Waals surface area contributed by atoms with Gasteiger partial charge in [-0.15, -0.1) is 0 Å². The highest BCUT2D eigenvalue weighted by Gasteiger charge is 2.43. The highest BCUT2D eigenvalue weighted by Crippen LogP contribution is 2.29. The molecular weight excluding hydrogens is 374 g/mol. The van der Waals surface area contributed by atoms with Gasteiger partial charge in [-0.2, -0.15) is 0 Å². The zero-order valence-corrected chi connectivity index (χ0v) is 18.1. The van der Waals surface area contributed by atoms with E-state index in [0.717, 1.165) is 17.5 Å². The van der Waals surface area contributed by atoms with Crippen LogP contribution in [0.4, 0.5) is 0 Å². The highest BCUT2D eigenvalue weighted by molar-refractivity contribution is 6.06. The van der Waals surface area contributed by atoms with E-state index < -0.39 is 5.54 Å². The number of guanidine groups is 1. The monoisotopic (exact) mass is 405 g/mol. The Morgan fingerprint density at radius 3 is 2.43 bits per heavy atom. The number of amides is 1. The highest BCUT2D eigenvalue weighted by atomic mass is 16.2. The van der Waals surface area contributed by atoms with Crippen LogP contribution >= 0.6 is 0 Å². The molecule has 0 radical (unpaired) electrons. The van der Waals surface area contributed by atoms with Gasteiger partial charge in [0.2, 0.25) is 0 Å². The van der Waals surface area contributed by atoms with E-state index in [1.54, 1.807) is 4.90 Å². The molecule has 1 aliphatic heterocycles. The molecule has 2 aromatic rings. The van der Waals surface area contributed by atoms with Gasteiger partial charge in [-0.1, -0.05) is 68.4 Å². The van der Waals surface area contributed by atoms with Crippen molar-refractivity contribution >= 4 is 17.6 Å². The molecule has 30 heavy (non-hydrogen) atoms. The third-order valence-corrected chi connectivity index (χ3v) is 5.42. The number of carbonyl (C=O) groups is 2. The van der Waals surface area contributed by atoms with Crippen LogP contribution < -0.4 is 5.73 Å². The third-order valence-electron chi connectivity index (χ3n) is 5.42. The molecule has 2 N–H and O–H groups in total. The molecule has 3 rings (SSSR count). The fourth-order valence-electron chi connectivity index (χ4n) is 4.10. The molecule has 0 fully saturated rings. The van der Waals surface area contributed by atoms with Gasteiger partial charge >= 0.3 is 0 Å². The van der Waals surface area contributed by atoms with Crippen molar-refractivity contribution in [2.45, 2.75) is 58.5 Å². The summed E-state index contributed by atoms with van der Waals surface area (Å²) in [4.78, 5) is 31.4. The smallest absolute Gasteiger partial charge is 0.257 e. The Balaban J connectivity index is 1.61. The van der Waals surface area contributed by atoms with Crippen LogP contribution in [0.5, 0.6) is 0 Å². The Hall–Kier alpha value is -2.95. The minimum atomic E-state index is -0.788. The lowest BCUT2D eigenvalue weighted by Crippen LogP contribution is -2.43. The Morgan fingerprint density at radius 1 is 1.07 bits per heavy atom. The van der Waals surface area contributed by atoms with Crippen molar-refractivity contribution in [3.8, 4) is 0 Å². The first-order chi connectivity index (χ1) is 14.3. The average molecular weight is 406 g/mol. The second kappa shape index (κ2) is 9.24. The second-order valence-electron chi connectivity index (χ2n) is 8.75. The van der Waals surface area contributed by atoms with Crippen LogP contribution in [0.15, 0.2) is 59.6 Å². The van der Waals surface area contributed by atoms with Crippen molar-refractivity contribution in [3.05, 3.63) is 71.3 Å². The molecule has 1 amide bonds. The zero-order chi connectivity index (χ0) is 21.7. The topological polar surface area (TPSA) is 75.8 Å². The number of hydrogen-bond acceptors (Lipinski definition) is 4. The summed E-state index contributed by atoms with van der Waals surface area (Å²) >= 11 is 0. The number of hydrogen-bond donors (Lipinski definition) is 1. The zero-order valence-electron chi connectivity index (χ0n) is 18.1. The maximum Gasteiger partial charge on any atom is 0.257 e. The van der Waals surface area contributed by atoms with E-state index >= 15 is 0 Å². The number of aryl methyl sites for hydroxylation is 1. The number of Topliss-reactive ketones (excluding diaryl/α,β-unsaturated/α-hetero) is 1. The number of nitrogens with two attached hydrogens (primary N) is 1. The summed E-state index contributed by atoms with van der Waals surface area (Å²) in [6.45, 7) is 6.37. The predicted octanol–water partition coefficient (Wildman–Crippen LogP) is 3.89. The molecular formula is C25H31N3O2. The van der Waals surface area contributed by atoms with Crippen LogP contribution in [0.3, 0.4) is 0 Å². The van der Waals surface area contributed by atoms with Gasteiger partial charge in [-0.3, -0.25) is 14.5 Å². The summed E-state index contributed by atoms with van der Waals surface area (Å²) in [5.74, 6) is 0.769. The number of nitrogens with zero attached hydrogens (tertiary/aromatic N) is 2. The largest absolute Gasteiger partial charge is 0.369 e. The summed E-state index contributed by atoms with van der Waals surface area (Å²) in [7, 11) is 0. The Labute approximate surface area is 179 Å². The molecule has 0 aromatic heterocycles. The lowest BCUT2D eigenvalue weighted by molar-refractivity contribution is -0.131. The number of ketones is 1. The first kappa shape index (κ1) is 21.8. The summed E-state index contributed by atoms with van der Waals surface area (Å²) < 4.78 is 0. The first-order valence-electron chi connectivity index (χ1n) is 10.6. The standard InChI is InChI=1S/C25H31N3O2/c1-18(2)16-25(3)23(30)28(24(26)27-25)17-21-11-7-10-20(14-21)15-22(29)13-12-19-8-5-4-6-9-19/h4-11,14,18H,12-13,15-17H2,1-3H3,(H2,26,27). The molecule has 0 aliphatic carbocycles. The second-order valence-corrected chi connectivity index (χ2v) is 8.75. The summed E-state index contributed by atoms with van der Waals surface area (Å²) in [5.41, 5.74) is 8.37. The predicted molar refractivity (Wildman–Crippen MR) is 120 cm³/mol. The van der Waals surface area contributed by atoms with Gasteiger partial charge in [0.05, 0.1) is 6.54 Å². The fourth-order valence-corrected chi connectivity index (χ4v) is 4.10. The van der Waals surface area contributed by atoms with Crippen molar-refractivity contribution in [1.82, 2.24) is 4.90 Å². The van der Waals surface area contributed by atoms with Gasteiger partial charge in [0.1, 0.15) is 11.3 Å². The van der Waals surface area contributed by atoms with Crippen molar-refractivity contribution < 1.29 is 9.59 Å². The van der Waals surface area contributed by atoms with E-state index in [2.05, 4.69) is 18.8 Å². The van der Waals surface area contributed by atoms with E-state index in [9.17, 15) is 9.59 Å². The number of carbonyl (C=O) groups excluding carboxylic acids is 2. The number of aliphatic imine (C=N–C) groups is 1. The van der Waals surface area contributed by atoms with E-state index in [1.165, 1.54) is 5.56 Å². The molecule has 2 aromatic carbocycles. The van der Waals surface area contributed by atoms with Crippen LogP contribution in [0.2, 0.25) is 0 Å². The van der Waals surface area contributed by atoms with E-state index in [-0.39, 0.29) is 17.6 Å². The molecule has 1 aliphatic rings. The van der Waals surface area contributed by atoms with Crippen molar-refractivity contribution in [2.24, 2.45) is 16.6 Å². The van der Waals surface area contributed by atoms with Crippen LogP contribution in [0.25, 0.3) is 0 Å². The van der Waals surface area contributed by atoms with Crippen molar-refractivity contribution in [3.63, 3.8) is 0 Å². The Bertz CT molecular complexity index is 936. The van der Waals surface area contributed by atoms with E-state index in [4.69, 9.17) is 5.73 Å². The molecule has 158 valence electrons. The van der Waals surface area contributed by atoms with E-state index in [1.807, 2.05) is 61.5 Å². The average Bonchev–Trinajstić information content (AvgIpc) is 2.89. The molecule has 1 unspecified atom stereocenters. The Kier molecular flexibility index (Phi) is 6.70. The summed E-state index contributed by atoms with van der Waals surface area (Å²) in [6.07, 6.45) is 2.33. The Morgan fingerprint density at radius 2 is 1.73 bits per heavy atom. The lowest BCUT2D eigenvalue weighted by atomic mass is 9.91. The van der Waals surface area contributed by atoms with Crippen molar-refractivity contribution in [2.75, 3.05) is 0 Å². The lowest BCUT2D eigenvalue weighted by Gasteiger charge is -2.23. The van der Waals surface area contributed by atoms with Gasteiger partial charge < -0.3 is 5.73 Å². The molecule has 0 saturated carbocycles. The molecule has 5 nitrogen and oxygen atoms in total. The minimum absolute atomic E-state index is 0.0574. The molecule has 0 bridgehead atoms. The summed E-state index contributed by atoms with van der Waals surface area (Å²) in [6, 6.07) is 17.9. The molecule has 5 heteroatoms. The van der Waals surface area contributed by atoms with Gasteiger partial charge in [0.15, 0.2) is 5.96 Å². The first-order valence-corrected chi connectivity index (χ1v) is 10.6. The van der Waals surface area contributed by atoms with Gasteiger partial charge in [0.25, 0.3) is 5.91 Å². The van der Waals surface area contributed by atoms with Crippen LogP contribution in [0.1, 0.15) is 50.3 Å². The van der Waals surface area contributed by atoms with Crippen LogP contribution in [-0.2, 0) is 29.0 Å². The molecule has 0 spiro atoms. The van der Waals surface area contributed by atoms with Gasteiger partial charge in [0, 0.05) is 12.8 Å². The number of rotatable bonds is 9.